The minimum absolute atomic E-state index is 0.00687. The van der Waals surface area contributed by atoms with Crippen molar-refractivity contribution in [3.05, 3.63) is 48.3 Å². The van der Waals surface area contributed by atoms with E-state index < -0.39 is 0 Å². The van der Waals surface area contributed by atoms with Crippen LogP contribution in [0.15, 0.2) is 42.7 Å². The van der Waals surface area contributed by atoms with Gasteiger partial charge in [0.1, 0.15) is 0 Å². The zero-order valence-corrected chi connectivity index (χ0v) is 11.5. The summed E-state index contributed by atoms with van der Waals surface area (Å²) in [6.07, 6.45) is 4.61. The summed E-state index contributed by atoms with van der Waals surface area (Å²) in [7, 11) is 0. The number of carbonyl (C=O) groups excluding carboxylic acids is 1. The Balaban J connectivity index is 2.07. The number of aliphatic hydroxyl groups is 1. The predicted octanol–water partition coefficient (Wildman–Crippen LogP) is 1.76. The Morgan fingerprint density at radius 2 is 2.15 bits per heavy atom. The van der Waals surface area contributed by atoms with Crippen LogP contribution in [0.3, 0.4) is 0 Å². The van der Waals surface area contributed by atoms with Crippen LogP contribution in [0.25, 0.3) is 5.69 Å². The summed E-state index contributed by atoms with van der Waals surface area (Å²) in [5.41, 5.74) is 1.43. The van der Waals surface area contributed by atoms with E-state index in [4.69, 9.17) is 5.11 Å². The van der Waals surface area contributed by atoms with Crippen molar-refractivity contribution < 1.29 is 9.90 Å². The monoisotopic (exact) mass is 273 g/mol. The van der Waals surface area contributed by atoms with Crippen LogP contribution >= 0.6 is 0 Å². The maximum absolute atomic E-state index is 12.1. The van der Waals surface area contributed by atoms with Gasteiger partial charge in [-0.25, -0.2) is 4.68 Å². The van der Waals surface area contributed by atoms with Gasteiger partial charge >= 0.3 is 0 Å². The standard InChI is InChI=1S/C15H19N3O2/c1-2-13(8-9-19)17-15(20)12-10-16-18(11-12)14-6-4-3-5-7-14/h3-7,10-11,13,19H,2,8-9H2,1H3,(H,17,20). The van der Waals surface area contributed by atoms with E-state index in [0.29, 0.717) is 12.0 Å². The van der Waals surface area contributed by atoms with Crippen molar-refractivity contribution in [3.8, 4) is 5.69 Å². The largest absolute Gasteiger partial charge is 0.396 e. The number of hydrogen-bond acceptors (Lipinski definition) is 3. The number of amides is 1. The fourth-order valence-corrected chi connectivity index (χ4v) is 1.96. The van der Waals surface area contributed by atoms with Crippen LogP contribution in [0, 0.1) is 0 Å². The predicted molar refractivity (Wildman–Crippen MR) is 76.8 cm³/mol. The van der Waals surface area contributed by atoms with E-state index in [-0.39, 0.29) is 18.6 Å². The van der Waals surface area contributed by atoms with Crippen molar-refractivity contribution in [1.29, 1.82) is 0 Å². The summed E-state index contributed by atoms with van der Waals surface area (Å²) in [5, 5.41) is 16.0. The van der Waals surface area contributed by atoms with Gasteiger partial charge in [-0.1, -0.05) is 25.1 Å². The minimum Gasteiger partial charge on any atom is -0.396 e. The third-order valence-corrected chi connectivity index (χ3v) is 3.17. The first-order valence-electron chi connectivity index (χ1n) is 6.76. The van der Waals surface area contributed by atoms with Gasteiger partial charge in [-0.05, 0) is 25.0 Å². The van der Waals surface area contributed by atoms with Crippen molar-refractivity contribution in [2.75, 3.05) is 6.61 Å². The molecule has 1 atom stereocenters. The Morgan fingerprint density at radius 3 is 2.80 bits per heavy atom. The molecule has 0 saturated heterocycles. The maximum atomic E-state index is 12.1. The third-order valence-electron chi connectivity index (χ3n) is 3.17. The number of para-hydroxylation sites is 1. The summed E-state index contributed by atoms with van der Waals surface area (Å²) in [4.78, 5) is 12.1. The van der Waals surface area contributed by atoms with Gasteiger partial charge in [0.2, 0.25) is 0 Å². The van der Waals surface area contributed by atoms with Crippen LogP contribution in [-0.2, 0) is 0 Å². The van der Waals surface area contributed by atoms with E-state index in [0.717, 1.165) is 12.1 Å². The Morgan fingerprint density at radius 1 is 1.40 bits per heavy atom. The molecule has 0 aliphatic carbocycles. The number of aliphatic hydroxyl groups excluding tert-OH is 1. The highest BCUT2D eigenvalue weighted by Gasteiger charge is 2.13. The topological polar surface area (TPSA) is 67.2 Å². The van der Waals surface area contributed by atoms with Crippen LogP contribution in [0.5, 0.6) is 0 Å². The summed E-state index contributed by atoms with van der Waals surface area (Å²) in [6, 6.07) is 9.62. The molecule has 0 saturated carbocycles. The molecule has 1 heterocycles. The van der Waals surface area contributed by atoms with E-state index in [1.165, 1.54) is 0 Å². The molecule has 1 amide bonds. The van der Waals surface area contributed by atoms with Gasteiger partial charge < -0.3 is 10.4 Å². The molecule has 5 heteroatoms. The van der Waals surface area contributed by atoms with Gasteiger partial charge in [0.25, 0.3) is 5.91 Å². The molecule has 0 fully saturated rings. The molecular weight excluding hydrogens is 254 g/mol. The number of aromatic nitrogens is 2. The summed E-state index contributed by atoms with van der Waals surface area (Å²) in [6.45, 7) is 2.05. The van der Waals surface area contributed by atoms with E-state index in [1.54, 1.807) is 17.1 Å². The zero-order valence-electron chi connectivity index (χ0n) is 11.5. The molecule has 5 nitrogen and oxygen atoms in total. The van der Waals surface area contributed by atoms with E-state index >= 15 is 0 Å². The minimum atomic E-state index is -0.160. The SMILES string of the molecule is CCC(CCO)NC(=O)c1cnn(-c2ccccc2)c1. The van der Waals surface area contributed by atoms with Gasteiger partial charge in [-0.3, -0.25) is 4.79 Å². The van der Waals surface area contributed by atoms with Crippen molar-refractivity contribution >= 4 is 5.91 Å². The molecule has 1 unspecified atom stereocenters. The van der Waals surface area contributed by atoms with Crippen LogP contribution < -0.4 is 5.32 Å². The van der Waals surface area contributed by atoms with Crippen LogP contribution in [0.4, 0.5) is 0 Å². The molecule has 0 radical (unpaired) electrons. The maximum Gasteiger partial charge on any atom is 0.254 e. The fraction of sp³-hybridized carbons (Fsp3) is 0.333. The lowest BCUT2D eigenvalue weighted by atomic mass is 10.1. The average Bonchev–Trinajstić information content (AvgIpc) is 2.97. The highest BCUT2D eigenvalue weighted by atomic mass is 16.3. The first-order chi connectivity index (χ1) is 9.74. The lowest BCUT2D eigenvalue weighted by Gasteiger charge is -2.14. The summed E-state index contributed by atoms with van der Waals surface area (Å²) < 4.78 is 1.67. The molecule has 0 aliphatic rings. The number of benzene rings is 1. The van der Waals surface area contributed by atoms with E-state index in [1.807, 2.05) is 37.3 Å². The fourth-order valence-electron chi connectivity index (χ4n) is 1.96. The first-order valence-corrected chi connectivity index (χ1v) is 6.76. The van der Waals surface area contributed by atoms with Gasteiger partial charge in [0.05, 0.1) is 17.4 Å². The molecule has 2 aromatic rings. The number of carbonyl (C=O) groups is 1. The molecule has 2 N–H and O–H groups in total. The molecule has 20 heavy (non-hydrogen) atoms. The highest BCUT2D eigenvalue weighted by molar-refractivity contribution is 5.93. The molecule has 106 valence electrons. The van der Waals surface area contributed by atoms with Crippen LogP contribution in [0.1, 0.15) is 30.1 Å². The Kier molecular flexibility index (Phi) is 4.90. The second-order valence-electron chi connectivity index (χ2n) is 4.60. The van der Waals surface area contributed by atoms with Gasteiger partial charge in [0, 0.05) is 18.8 Å². The second-order valence-corrected chi connectivity index (χ2v) is 4.60. The van der Waals surface area contributed by atoms with Gasteiger partial charge in [-0.2, -0.15) is 5.10 Å². The molecule has 2 rings (SSSR count). The van der Waals surface area contributed by atoms with E-state index in [2.05, 4.69) is 10.4 Å². The van der Waals surface area contributed by atoms with E-state index in [9.17, 15) is 4.79 Å². The lowest BCUT2D eigenvalue weighted by Crippen LogP contribution is -2.34. The third kappa shape index (κ3) is 3.45. The van der Waals surface area contributed by atoms with Crippen LogP contribution in [0.2, 0.25) is 0 Å². The van der Waals surface area contributed by atoms with Gasteiger partial charge in [0.15, 0.2) is 0 Å². The number of rotatable bonds is 6. The lowest BCUT2D eigenvalue weighted by molar-refractivity contribution is 0.0929. The molecule has 0 spiro atoms. The Labute approximate surface area is 118 Å². The quantitative estimate of drug-likeness (QED) is 0.842. The second kappa shape index (κ2) is 6.86. The molecule has 0 aliphatic heterocycles. The first kappa shape index (κ1) is 14.3. The smallest absolute Gasteiger partial charge is 0.254 e. The summed E-state index contributed by atoms with van der Waals surface area (Å²) >= 11 is 0. The molecular formula is C15H19N3O2. The number of hydrogen-bond donors (Lipinski definition) is 2. The van der Waals surface area contributed by atoms with Crippen molar-refractivity contribution in [3.63, 3.8) is 0 Å². The highest BCUT2D eigenvalue weighted by Crippen LogP contribution is 2.08. The average molecular weight is 273 g/mol. The van der Waals surface area contributed by atoms with Crippen LogP contribution in [-0.4, -0.2) is 33.4 Å². The molecule has 1 aromatic carbocycles. The molecule has 0 bridgehead atoms. The van der Waals surface area contributed by atoms with Crippen molar-refractivity contribution in [2.45, 2.75) is 25.8 Å². The van der Waals surface area contributed by atoms with Crippen molar-refractivity contribution in [2.24, 2.45) is 0 Å². The number of nitrogens with one attached hydrogen (secondary N) is 1. The Bertz CT molecular complexity index is 551. The van der Waals surface area contributed by atoms with Gasteiger partial charge in [-0.15, -0.1) is 0 Å². The normalized spacial score (nSPS) is 12.1. The zero-order chi connectivity index (χ0) is 14.4. The van der Waals surface area contributed by atoms with Crippen molar-refractivity contribution in [1.82, 2.24) is 15.1 Å². The molecule has 1 aromatic heterocycles. The Hall–Kier alpha value is -2.14. The number of nitrogens with zero attached hydrogens (tertiary/aromatic N) is 2. The summed E-state index contributed by atoms with van der Waals surface area (Å²) in [5.74, 6) is -0.160.